The van der Waals surface area contributed by atoms with Crippen LogP contribution in [0.3, 0.4) is 0 Å². The van der Waals surface area contributed by atoms with Crippen molar-refractivity contribution >= 4 is 17.5 Å². The highest BCUT2D eigenvalue weighted by molar-refractivity contribution is 6.39. The first-order chi connectivity index (χ1) is 13.0. The summed E-state index contributed by atoms with van der Waals surface area (Å²) in [6, 6.07) is 9.48. The van der Waals surface area contributed by atoms with Crippen molar-refractivity contribution in [3.8, 4) is 0 Å². The number of halogens is 6. The van der Waals surface area contributed by atoms with Gasteiger partial charge < -0.3 is 10.6 Å². The first-order valence-corrected chi connectivity index (χ1v) is 7.89. The van der Waals surface area contributed by atoms with E-state index < -0.39 is 41.0 Å². The number of rotatable bonds is 4. The second kappa shape index (κ2) is 8.32. The molecule has 0 spiro atoms. The molecular formula is C18H14F6N2O2. The lowest BCUT2D eigenvalue weighted by atomic mass is 10.1. The van der Waals surface area contributed by atoms with Crippen LogP contribution in [0, 0.1) is 0 Å². The van der Waals surface area contributed by atoms with E-state index >= 15 is 0 Å². The lowest BCUT2D eigenvalue weighted by Crippen LogP contribution is -2.36. The Kier molecular flexibility index (Phi) is 6.32. The lowest BCUT2D eigenvalue weighted by Gasteiger charge is -2.14. The highest BCUT2D eigenvalue weighted by Gasteiger charge is 2.37. The van der Waals surface area contributed by atoms with Crippen molar-refractivity contribution in [1.29, 1.82) is 0 Å². The van der Waals surface area contributed by atoms with E-state index in [-0.39, 0.29) is 12.6 Å². The average molecular weight is 404 g/mol. The van der Waals surface area contributed by atoms with Crippen LogP contribution in [0.1, 0.15) is 16.7 Å². The van der Waals surface area contributed by atoms with Gasteiger partial charge in [-0.15, -0.1) is 0 Å². The lowest BCUT2D eigenvalue weighted by molar-refractivity contribution is -0.143. The summed E-state index contributed by atoms with van der Waals surface area (Å²) in [5, 5.41) is 4.01. The van der Waals surface area contributed by atoms with E-state index in [9.17, 15) is 35.9 Å². The Labute approximate surface area is 155 Å². The standard InChI is InChI=1S/C18H14F6N2O2/c19-17(20,21)12-8-13(18(22,23)24)10-14(9-12)26-16(28)15(27)25-7-6-11-4-2-1-3-5-11/h1-5,8-10H,6-7H2,(H,25,27)(H,26,28). The van der Waals surface area contributed by atoms with Gasteiger partial charge in [-0.25, -0.2) is 0 Å². The molecule has 0 fully saturated rings. The Morgan fingerprint density at radius 2 is 1.32 bits per heavy atom. The number of hydrogen-bond donors (Lipinski definition) is 2. The van der Waals surface area contributed by atoms with Gasteiger partial charge in [0.25, 0.3) is 0 Å². The molecule has 0 saturated heterocycles. The molecule has 0 aliphatic heterocycles. The molecule has 28 heavy (non-hydrogen) atoms. The van der Waals surface area contributed by atoms with Gasteiger partial charge in [-0.1, -0.05) is 30.3 Å². The van der Waals surface area contributed by atoms with Crippen LogP contribution in [-0.2, 0) is 28.4 Å². The maximum absolute atomic E-state index is 12.8. The fraction of sp³-hybridized carbons (Fsp3) is 0.222. The topological polar surface area (TPSA) is 58.2 Å². The van der Waals surface area contributed by atoms with E-state index in [1.54, 1.807) is 35.6 Å². The molecule has 0 radical (unpaired) electrons. The largest absolute Gasteiger partial charge is 0.416 e. The highest BCUT2D eigenvalue weighted by Crippen LogP contribution is 2.37. The van der Waals surface area contributed by atoms with Crippen LogP contribution in [-0.4, -0.2) is 18.4 Å². The molecule has 2 rings (SSSR count). The molecule has 0 aliphatic carbocycles. The molecule has 0 unspecified atom stereocenters. The molecule has 2 amide bonds. The number of nitrogens with one attached hydrogen (secondary N) is 2. The Morgan fingerprint density at radius 3 is 1.82 bits per heavy atom. The third kappa shape index (κ3) is 6.00. The van der Waals surface area contributed by atoms with Crippen LogP contribution < -0.4 is 10.6 Å². The van der Waals surface area contributed by atoms with Crippen molar-refractivity contribution in [2.24, 2.45) is 0 Å². The fourth-order valence-electron chi connectivity index (χ4n) is 2.26. The number of benzene rings is 2. The summed E-state index contributed by atoms with van der Waals surface area (Å²) >= 11 is 0. The molecular weight excluding hydrogens is 390 g/mol. The van der Waals surface area contributed by atoms with E-state index in [1.807, 2.05) is 0 Å². The average Bonchev–Trinajstić information content (AvgIpc) is 2.60. The second-order valence-corrected chi connectivity index (χ2v) is 5.74. The molecule has 0 aliphatic rings. The summed E-state index contributed by atoms with van der Waals surface area (Å²) in [5.41, 5.74) is -3.11. The van der Waals surface area contributed by atoms with Crippen molar-refractivity contribution in [1.82, 2.24) is 5.32 Å². The Balaban J connectivity index is 2.06. The highest BCUT2D eigenvalue weighted by atomic mass is 19.4. The van der Waals surface area contributed by atoms with E-state index in [1.165, 1.54) is 0 Å². The van der Waals surface area contributed by atoms with Crippen molar-refractivity contribution in [2.75, 3.05) is 11.9 Å². The first kappa shape index (κ1) is 21.3. The normalized spacial score (nSPS) is 11.8. The quantitative estimate of drug-likeness (QED) is 0.598. The summed E-state index contributed by atoms with van der Waals surface area (Å²) in [6.07, 6.45) is -9.72. The third-order valence-electron chi connectivity index (χ3n) is 3.59. The van der Waals surface area contributed by atoms with Crippen molar-refractivity contribution < 1.29 is 35.9 Å². The summed E-state index contributed by atoms with van der Waals surface area (Å²) in [5.74, 6) is -2.55. The number of anilines is 1. The molecule has 2 aromatic carbocycles. The monoisotopic (exact) mass is 404 g/mol. The zero-order chi connectivity index (χ0) is 20.9. The molecule has 0 aromatic heterocycles. The van der Waals surface area contributed by atoms with Crippen molar-refractivity contribution in [2.45, 2.75) is 18.8 Å². The van der Waals surface area contributed by atoms with Crippen LogP contribution >= 0.6 is 0 Å². The van der Waals surface area contributed by atoms with Gasteiger partial charge in [-0.2, -0.15) is 26.3 Å². The maximum atomic E-state index is 12.8. The molecule has 0 saturated carbocycles. The minimum absolute atomic E-state index is 0.0622. The SMILES string of the molecule is O=C(NCCc1ccccc1)C(=O)Nc1cc(C(F)(F)F)cc(C(F)(F)F)c1. The van der Waals surface area contributed by atoms with Gasteiger partial charge in [0.15, 0.2) is 0 Å². The molecule has 0 atom stereocenters. The number of alkyl halides is 6. The van der Waals surface area contributed by atoms with E-state index in [2.05, 4.69) is 5.32 Å². The molecule has 4 nitrogen and oxygen atoms in total. The minimum atomic E-state index is -5.06. The fourth-order valence-corrected chi connectivity index (χ4v) is 2.26. The Morgan fingerprint density at radius 1 is 0.786 bits per heavy atom. The predicted octanol–water partition coefficient (Wildman–Crippen LogP) is 4.02. The van der Waals surface area contributed by atoms with E-state index in [4.69, 9.17) is 0 Å². The summed E-state index contributed by atoms with van der Waals surface area (Å²) in [6.45, 7) is 0.0622. The summed E-state index contributed by atoms with van der Waals surface area (Å²) < 4.78 is 76.8. The van der Waals surface area contributed by atoms with Gasteiger partial charge in [-0.05, 0) is 30.2 Å². The van der Waals surface area contributed by atoms with E-state index in [0.717, 1.165) is 5.56 Å². The summed E-state index contributed by atoms with van der Waals surface area (Å²) in [4.78, 5) is 23.5. The molecule has 2 aromatic rings. The molecule has 0 bridgehead atoms. The molecule has 0 heterocycles. The molecule has 150 valence electrons. The van der Waals surface area contributed by atoms with Crippen molar-refractivity contribution in [3.63, 3.8) is 0 Å². The third-order valence-corrected chi connectivity index (χ3v) is 3.59. The molecule has 10 heteroatoms. The van der Waals surface area contributed by atoms with Crippen LogP contribution in [0.5, 0.6) is 0 Å². The van der Waals surface area contributed by atoms with Gasteiger partial charge in [0, 0.05) is 12.2 Å². The van der Waals surface area contributed by atoms with Crippen LogP contribution in [0.25, 0.3) is 0 Å². The number of carbonyl (C=O) groups is 2. The second-order valence-electron chi connectivity index (χ2n) is 5.74. The Bertz CT molecular complexity index is 815. The van der Waals surface area contributed by atoms with Gasteiger partial charge in [0.2, 0.25) is 0 Å². The molecule has 2 N–H and O–H groups in total. The van der Waals surface area contributed by atoms with Gasteiger partial charge in [-0.3, -0.25) is 9.59 Å². The van der Waals surface area contributed by atoms with Crippen LogP contribution in [0.4, 0.5) is 32.0 Å². The zero-order valence-corrected chi connectivity index (χ0v) is 14.1. The smallest absolute Gasteiger partial charge is 0.347 e. The first-order valence-electron chi connectivity index (χ1n) is 7.89. The van der Waals surface area contributed by atoms with E-state index in [0.29, 0.717) is 18.6 Å². The number of carbonyl (C=O) groups excluding carboxylic acids is 2. The van der Waals surface area contributed by atoms with Crippen molar-refractivity contribution in [3.05, 3.63) is 65.2 Å². The minimum Gasteiger partial charge on any atom is -0.347 e. The van der Waals surface area contributed by atoms with Gasteiger partial charge >= 0.3 is 24.2 Å². The van der Waals surface area contributed by atoms with Gasteiger partial charge in [0.1, 0.15) is 0 Å². The van der Waals surface area contributed by atoms with Crippen LogP contribution in [0.15, 0.2) is 48.5 Å². The van der Waals surface area contributed by atoms with Gasteiger partial charge in [0.05, 0.1) is 11.1 Å². The number of hydrogen-bond acceptors (Lipinski definition) is 2. The predicted molar refractivity (Wildman–Crippen MR) is 88.2 cm³/mol. The van der Waals surface area contributed by atoms with Crippen LogP contribution in [0.2, 0.25) is 0 Å². The maximum Gasteiger partial charge on any atom is 0.416 e. The summed E-state index contributed by atoms with van der Waals surface area (Å²) in [7, 11) is 0. The Hall–Kier alpha value is -3.04. The zero-order valence-electron chi connectivity index (χ0n) is 14.1. The number of amides is 2.